The van der Waals surface area contributed by atoms with Crippen LogP contribution < -0.4 is 0 Å². The summed E-state index contributed by atoms with van der Waals surface area (Å²) < 4.78 is 10.2. The summed E-state index contributed by atoms with van der Waals surface area (Å²) in [6.45, 7) is 8.60. The molecule has 0 spiro atoms. The van der Waals surface area contributed by atoms with Crippen LogP contribution in [0.1, 0.15) is 13.8 Å². The molecule has 0 aliphatic carbocycles. The van der Waals surface area contributed by atoms with Crippen molar-refractivity contribution in [1.29, 1.82) is 0 Å². The van der Waals surface area contributed by atoms with E-state index < -0.39 is 0 Å². The van der Waals surface area contributed by atoms with Crippen LogP contribution in [0.15, 0.2) is 24.7 Å². The van der Waals surface area contributed by atoms with Crippen molar-refractivity contribution in [3.63, 3.8) is 0 Å². The summed E-state index contributed by atoms with van der Waals surface area (Å²) in [5, 5.41) is 0. The Morgan fingerprint density at radius 2 is 1.80 bits per heavy atom. The van der Waals surface area contributed by atoms with E-state index in [1.54, 1.807) is 12.2 Å². The highest BCUT2D eigenvalue weighted by Gasteiger charge is 1.91. The molecule has 0 aliphatic rings. The highest BCUT2D eigenvalue weighted by atomic mass is 16.7. The maximum absolute atomic E-state index is 5.09. The molecule has 0 amide bonds. The number of ether oxygens (including phenoxy) is 2. The Kier molecular flexibility index (Phi) is 5.63. The van der Waals surface area contributed by atoms with Gasteiger partial charge in [0.1, 0.15) is 0 Å². The summed E-state index contributed by atoms with van der Waals surface area (Å²) in [6.07, 6.45) is 3.34. The second kappa shape index (κ2) is 6.20. The summed E-state index contributed by atoms with van der Waals surface area (Å²) in [6, 6.07) is 0. The smallest absolute Gasteiger partial charge is 0.279 e. The Balaban J connectivity index is 3.71. The second-order valence-corrected chi connectivity index (χ2v) is 1.59. The van der Waals surface area contributed by atoms with Gasteiger partial charge in [0.05, 0.1) is 13.2 Å². The van der Waals surface area contributed by atoms with E-state index in [0.717, 1.165) is 0 Å². The first-order chi connectivity index (χ1) is 4.85. The van der Waals surface area contributed by atoms with Crippen LogP contribution in [0, 0.1) is 0 Å². The number of hydrogen-bond acceptors (Lipinski definition) is 2. The summed E-state index contributed by atoms with van der Waals surface area (Å²) >= 11 is 0. The van der Waals surface area contributed by atoms with Gasteiger partial charge in [0.15, 0.2) is 0 Å². The van der Waals surface area contributed by atoms with Gasteiger partial charge < -0.3 is 9.47 Å². The van der Waals surface area contributed by atoms with Crippen LogP contribution in [-0.2, 0) is 9.47 Å². The van der Waals surface area contributed by atoms with E-state index >= 15 is 0 Å². The highest BCUT2D eigenvalue weighted by molar-refractivity contribution is 4.98. The zero-order chi connectivity index (χ0) is 7.82. The van der Waals surface area contributed by atoms with Crippen molar-refractivity contribution >= 4 is 0 Å². The largest absolute Gasteiger partial charge is 0.466 e. The Hall–Kier alpha value is -0.920. The van der Waals surface area contributed by atoms with Crippen LogP contribution in [0.3, 0.4) is 0 Å². The van der Waals surface area contributed by atoms with Gasteiger partial charge in [-0.2, -0.15) is 0 Å². The Morgan fingerprint density at radius 3 is 2.10 bits per heavy atom. The molecular formula is C8H14O2. The van der Waals surface area contributed by atoms with E-state index in [1.807, 2.05) is 13.8 Å². The molecule has 2 nitrogen and oxygen atoms in total. The van der Waals surface area contributed by atoms with Gasteiger partial charge in [-0.25, -0.2) is 0 Å². The third kappa shape index (κ3) is 4.01. The Morgan fingerprint density at radius 1 is 1.30 bits per heavy atom. The van der Waals surface area contributed by atoms with Crippen LogP contribution in [0.25, 0.3) is 0 Å². The molecule has 0 atom stereocenters. The molecule has 10 heavy (non-hydrogen) atoms. The zero-order valence-corrected chi connectivity index (χ0v) is 6.59. The molecule has 0 aliphatic heterocycles. The van der Waals surface area contributed by atoms with Crippen LogP contribution in [0.4, 0.5) is 0 Å². The zero-order valence-electron chi connectivity index (χ0n) is 6.59. The van der Waals surface area contributed by atoms with Gasteiger partial charge in [-0.05, 0) is 13.8 Å². The van der Waals surface area contributed by atoms with Gasteiger partial charge in [0.25, 0.3) is 5.95 Å². The van der Waals surface area contributed by atoms with E-state index in [0.29, 0.717) is 19.2 Å². The summed E-state index contributed by atoms with van der Waals surface area (Å²) in [4.78, 5) is 0. The van der Waals surface area contributed by atoms with Gasteiger partial charge in [-0.1, -0.05) is 12.7 Å². The predicted molar refractivity (Wildman–Crippen MR) is 41.5 cm³/mol. The lowest BCUT2D eigenvalue weighted by Crippen LogP contribution is -1.96. The van der Waals surface area contributed by atoms with Crippen LogP contribution in [0.5, 0.6) is 0 Å². The Labute approximate surface area is 62.1 Å². The normalized spacial score (nSPS) is 8.20. The molecule has 0 aromatic carbocycles. The van der Waals surface area contributed by atoms with Crippen molar-refractivity contribution < 1.29 is 9.47 Å². The van der Waals surface area contributed by atoms with Gasteiger partial charge >= 0.3 is 0 Å². The predicted octanol–water partition coefficient (Wildman–Crippen LogP) is 2.09. The van der Waals surface area contributed by atoms with Gasteiger partial charge in [-0.15, -0.1) is 0 Å². The fourth-order valence-corrected chi connectivity index (χ4v) is 0.519. The number of rotatable bonds is 5. The fraction of sp³-hybridized carbons (Fsp3) is 0.500. The monoisotopic (exact) mass is 142 g/mol. The lowest BCUT2D eigenvalue weighted by molar-refractivity contribution is 0.0469. The summed E-state index contributed by atoms with van der Waals surface area (Å²) in [5.74, 6) is 0.542. The molecule has 58 valence electrons. The van der Waals surface area contributed by atoms with Crippen molar-refractivity contribution in [3.8, 4) is 0 Å². The standard InChI is InChI=1S/C8H14O2/c1-4-7-8(9-5-2)10-6-3/h4,7H,1,5-6H2,2-3H3. The fourth-order valence-electron chi connectivity index (χ4n) is 0.519. The van der Waals surface area contributed by atoms with Crippen molar-refractivity contribution in [3.05, 3.63) is 24.7 Å². The lowest BCUT2D eigenvalue weighted by Gasteiger charge is -2.06. The molecule has 0 fully saturated rings. The maximum atomic E-state index is 5.09. The maximum Gasteiger partial charge on any atom is 0.279 e. The van der Waals surface area contributed by atoms with Crippen LogP contribution in [-0.4, -0.2) is 13.2 Å². The van der Waals surface area contributed by atoms with Crippen molar-refractivity contribution in [2.24, 2.45) is 0 Å². The van der Waals surface area contributed by atoms with Gasteiger partial charge in [0.2, 0.25) is 0 Å². The molecule has 0 saturated heterocycles. The third-order valence-corrected chi connectivity index (χ3v) is 0.827. The molecule has 2 heteroatoms. The quantitative estimate of drug-likeness (QED) is 0.432. The average Bonchev–Trinajstić information content (AvgIpc) is 1.90. The topological polar surface area (TPSA) is 18.5 Å². The molecular weight excluding hydrogens is 128 g/mol. The van der Waals surface area contributed by atoms with Crippen molar-refractivity contribution in [1.82, 2.24) is 0 Å². The number of allylic oxidation sites excluding steroid dienone is 2. The minimum absolute atomic E-state index is 0.542. The molecule has 0 aromatic rings. The average molecular weight is 142 g/mol. The molecule has 0 saturated carbocycles. The molecule has 0 radical (unpaired) electrons. The summed E-state index contributed by atoms with van der Waals surface area (Å²) in [7, 11) is 0. The third-order valence-electron chi connectivity index (χ3n) is 0.827. The lowest BCUT2D eigenvalue weighted by atomic mass is 10.6. The number of hydrogen-bond donors (Lipinski definition) is 0. The first-order valence-corrected chi connectivity index (χ1v) is 3.43. The van der Waals surface area contributed by atoms with E-state index in [2.05, 4.69) is 6.58 Å². The van der Waals surface area contributed by atoms with E-state index in [-0.39, 0.29) is 0 Å². The van der Waals surface area contributed by atoms with Crippen LogP contribution >= 0.6 is 0 Å². The molecule has 0 unspecified atom stereocenters. The van der Waals surface area contributed by atoms with E-state index in [4.69, 9.17) is 9.47 Å². The van der Waals surface area contributed by atoms with Gasteiger partial charge in [-0.3, -0.25) is 0 Å². The molecule has 0 heterocycles. The first-order valence-electron chi connectivity index (χ1n) is 3.43. The van der Waals surface area contributed by atoms with E-state index in [1.165, 1.54) is 0 Å². The highest BCUT2D eigenvalue weighted by Crippen LogP contribution is 1.98. The van der Waals surface area contributed by atoms with Crippen molar-refractivity contribution in [2.75, 3.05) is 13.2 Å². The second-order valence-electron chi connectivity index (χ2n) is 1.59. The molecule has 0 N–H and O–H groups in total. The van der Waals surface area contributed by atoms with E-state index in [9.17, 15) is 0 Å². The minimum atomic E-state index is 0.542. The SMILES string of the molecule is C=CC=C(OCC)OCC. The van der Waals surface area contributed by atoms with Gasteiger partial charge in [0, 0.05) is 6.08 Å². The molecule has 0 bridgehead atoms. The molecule has 0 rings (SSSR count). The van der Waals surface area contributed by atoms with Crippen LogP contribution in [0.2, 0.25) is 0 Å². The minimum Gasteiger partial charge on any atom is -0.466 e. The molecule has 0 aromatic heterocycles. The Bertz CT molecular complexity index is 108. The van der Waals surface area contributed by atoms with Crippen molar-refractivity contribution in [2.45, 2.75) is 13.8 Å². The first kappa shape index (κ1) is 9.08. The summed E-state index contributed by atoms with van der Waals surface area (Å²) in [5.41, 5.74) is 0.